The summed E-state index contributed by atoms with van der Waals surface area (Å²) in [5.74, 6) is 0. The van der Waals surface area contributed by atoms with Crippen LogP contribution in [0.1, 0.15) is 6.92 Å². The first-order valence-corrected chi connectivity index (χ1v) is 5.74. The predicted molar refractivity (Wildman–Crippen MR) is 51.2 cm³/mol. The highest BCUT2D eigenvalue weighted by Gasteiger charge is 2.20. The van der Waals surface area contributed by atoms with E-state index in [1.807, 2.05) is 37.3 Å². The Hall–Kier alpha value is -0.590. The van der Waals surface area contributed by atoms with E-state index in [1.54, 1.807) is 0 Å². The molecule has 0 bridgehead atoms. The van der Waals surface area contributed by atoms with E-state index < -0.39 is 7.37 Å². The number of hydrogen-bond donors (Lipinski definition) is 0. The van der Waals surface area contributed by atoms with Crippen molar-refractivity contribution in [3.63, 3.8) is 0 Å². The lowest BCUT2D eigenvalue weighted by Gasteiger charge is -2.13. The van der Waals surface area contributed by atoms with E-state index in [2.05, 4.69) is 0 Å². The van der Waals surface area contributed by atoms with Gasteiger partial charge in [-0.15, -0.1) is 0 Å². The minimum atomic E-state index is -2.53. The normalized spacial score (nSPS) is 15.5. The van der Waals surface area contributed by atoms with Crippen molar-refractivity contribution in [1.29, 1.82) is 0 Å². The zero-order valence-corrected chi connectivity index (χ0v) is 8.25. The molecule has 0 aliphatic heterocycles. The lowest BCUT2D eigenvalue weighted by Crippen LogP contribution is -2.06. The third-order valence-corrected chi connectivity index (χ3v) is 4.37. The summed E-state index contributed by atoms with van der Waals surface area (Å²) < 4.78 is 17.0. The fourth-order valence-corrected chi connectivity index (χ4v) is 2.53. The molecule has 1 aromatic carbocycles. The van der Waals surface area contributed by atoms with E-state index in [-0.39, 0.29) is 0 Å². The molecule has 12 heavy (non-hydrogen) atoms. The van der Waals surface area contributed by atoms with Crippen molar-refractivity contribution in [1.82, 2.24) is 0 Å². The van der Waals surface area contributed by atoms with Crippen LogP contribution in [0.3, 0.4) is 0 Å². The summed E-state index contributed by atoms with van der Waals surface area (Å²) in [7, 11) is -1.04. The van der Waals surface area contributed by atoms with Crippen LogP contribution in [0.5, 0.6) is 0 Å². The molecule has 0 radical (unpaired) electrons. The Morgan fingerprint density at radius 3 is 2.33 bits per heavy atom. The summed E-state index contributed by atoms with van der Waals surface area (Å²) in [4.78, 5) is 0. The number of rotatable bonds is 3. The first-order chi connectivity index (χ1) is 5.73. The summed E-state index contributed by atoms with van der Waals surface area (Å²) >= 11 is 0. The molecule has 0 heterocycles. The summed E-state index contributed by atoms with van der Waals surface area (Å²) in [6.07, 6.45) is 0.549. The Bertz CT molecular complexity index is 274. The van der Waals surface area contributed by atoms with Crippen molar-refractivity contribution in [3.8, 4) is 0 Å². The highest BCUT2D eigenvalue weighted by molar-refractivity contribution is 7.66. The van der Waals surface area contributed by atoms with Gasteiger partial charge in [-0.25, -0.2) is 0 Å². The van der Waals surface area contributed by atoms with E-state index in [1.165, 1.54) is 7.11 Å². The molecule has 1 rings (SSSR count). The molecule has 2 nitrogen and oxygen atoms in total. The average molecular weight is 184 g/mol. The maximum atomic E-state index is 11.9. The molecule has 0 unspecified atom stereocenters. The van der Waals surface area contributed by atoms with E-state index in [4.69, 9.17) is 4.52 Å². The predicted octanol–water partition coefficient (Wildman–Crippen LogP) is 2.26. The van der Waals surface area contributed by atoms with Gasteiger partial charge < -0.3 is 4.52 Å². The van der Waals surface area contributed by atoms with Crippen LogP contribution in [-0.2, 0) is 9.09 Å². The minimum Gasteiger partial charge on any atom is -0.329 e. The second-order valence-electron chi connectivity index (χ2n) is 2.51. The van der Waals surface area contributed by atoms with E-state index >= 15 is 0 Å². The van der Waals surface area contributed by atoms with Crippen LogP contribution in [0, 0.1) is 0 Å². The van der Waals surface area contributed by atoms with E-state index in [9.17, 15) is 4.57 Å². The average Bonchev–Trinajstić information content (AvgIpc) is 2.18. The van der Waals surface area contributed by atoms with Crippen LogP contribution in [0.25, 0.3) is 0 Å². The maximum absolute atomic E-state index is 11.9. The van der Waals surface area contributed by atoms with Gasteiger partial charge in [0.15, 0.2) is 0 Å². The topological polar surface area (TPSA) is 26.3 Å². The third kappa shape index (κ3) is 1.77. The van der Waals surface area contributed by atoms with Gasteiger partial charge >= 0.3 is 0 Å². The monoisotopic (exact) mass is 184 g/mol. The Morgan fingerprint density at radius 1 is 1.33 bits per heavy atom. The second-order valence-corrected chi connectivity index (χ2v) is 5.37. The van der Waals surface area contributed by atoms with Crippen LogP contribution in [0.2, 0.25) is 0 Å². The quantitative estimate of drug-likeness (QED) is 0.673. The van der Waals surface area contributed by atoms with Gasteiger partial charge in [0.05, 0.1) is 0 Å². The van der Waals surface area contributed by atoms with Gasteiger partial charge in [-0.3, -0.25) is 4.57 Å². The first kappa shape index (κ1) is 9.50. The van der Waals surface area contributed by atoms with Crippen LogP contribution in [0.15, 0.2) is 30.3 Å². The Kier molecular flexibility index (Phi) is 3.07. The van der Waals surface area contributed by atoms with Gasteiger partial charge in [0, 0.05) is 18.6 Å². The van der Waals surface area contributed by atoms with Crippen LogP contribution in [0.4, 0.5) is 0 Å². The highest BCUT2D eigenvalue weighted by Crippen LogP contribution is 2.43. The van der Waals surface area contributed by atoms with Gasteiger partial charge in [0.25, 0.3) is 0 Å². The summed E-state index contributed by atoms with van der Waals surface area (Å²) in [5, 5.41) is 0.801. The molecule has 1 aromatic rings. The van der Waals surface area contributed by atoms with Crippen LogP contribution < -0.4 is 5.30 Å². The molecule has 66 valence electrons. The molecule has 1 atom stereocenters. The second kappa shape index (κ2) is 3.88. The molecule has 0 fully saturated rings. The van der Waals surface area contributed by atoms with Gasteiger partial charge in [-0.1, -0.05) is 25.1 Å². The Morgan fingerprint density at radius 2 is 1.92 bits per heavy atom. The van der Waals surface area contributed by atoms with Gasteiger partial charge in [0.2, 0.25) is 7.37 Å². The fourth-order valence-electron chi connectivity index (χ4n) is 1.07. The van der Waals surface area contributed by atoms with E-state index in [0.29, 0.717) is 6.16 Å². The standard InChI is InChI=1S/C9H13O2P/c1-3-12(10,11-2)9-7-5-4-6-8-9/h4-8H,3H2,1-2H3/t12-/m0/s1. The first-order valence-electron chi connectivity index (χ1n) is 3.93. The molecule has 0 aliphatic carbocycles. The molecule has 0 amide bonds. The minimum absolute atomic E-state index is 0.549. The van der Waals surface area contributed by atoms with Gasteiger partial charge in [-0.05, 0) is 12.1 Å². The zero-order chi connectivity index (χ0) is 9.03. The van der Waals surface area contributed by atoms with Crippen molar-refractivity contribution in [2.45, 2.75) is 6.92 Å². The lowest BCUT2D eigenvalue weighted by atomic mass is 10.4. The number of benzene rings is 1. The molecule has 3 heteroatoms. The van der Waals surface area contributed by atoms with Crippen LogP contribution >= 0.6 is 7.37 Å². The molecular weight excluding hydrogens is 171 g/mol. The van der Waals surface area contributed by atoms with Crippen molar-refractivity contribution in [2.24, 2.45) is 0 Å². The van der Waals surface area contributed by atoms with Crippen molar-refractivity contribution >= 4 is 12.7 Å². The fraction of sp³-hybridized carbons (Fsp3) is 0.333. The molecule has 0 spiro atoms. The third-order valence-electron chi connectivity index (χ3n) is 1.86. The zero-order valence-electron chi connectivity index (χ0n) is 7.36. The Labute approximate surface area is 73.0 Å². The molecular formula is C9H13O2P. The SMILES string of the molecule is CC[P@](=O)(OC)c1ccccc1. The van der Waals surface area contributed by atoms with Crippen molar-refractivity contribution in [3.05, 3.63) is 30.3 Å². The van der Waals surface area contributed by atoms with E-state index in [0.717, 1.165) is 5.30 Å². The molecule has 0 saturated carbocycles. The van der Waals surface area contributed by atoms with Crippen LogP contribution in [-0.4, -0.2) is 13.3 Å². The number of hydrogen-bond acceptors (Lipinski definition) is 2. The lowest BCUT2D eigenvalue weighted by molar-refractivity contribution is 0.404. The van der Waals surface area contributed by atoms with Crippen molar-refractivity contribution in [2.75, 3.05) is 13.3 Å². The smallest absolute Gasteiger partial charge is 0.231 e. The van der Waals surface area contributed by atoms with Crippen molar-refractivity contribution < 1.29 is 9.09 Å². The Balaban J connectivity index is 3.04. The molecule has 0 saturated heterocycles. The molecule has 0 aliphatic rings. The summed E-state index contributed by atoms with van der Waals surface area (Å²) in [5.41, 5.74) is 0. The van der Waals surface area contributed by atoms with Gasteiger partial charge in [0.1, 0.15) is 0 Å². The molecule has 0 aromatic heterocycles. The summed E-state index contributed by atoms with van der Waals surface area (Å²) in [6, 6.07) is 9.33. The highest BCUT2D eigenvalue weighted by atomic mass is 31.2. The maximum Gasteiger partial charge on any atom is 0.231 e. The van der Waals surface area contributed by atoms with Gasteiger partial charge in [-0.2, -0.15) is 0 Å². The largest absolute Gasteiger partial charge is 0.329 e. The summed E-state index contributed by atoms with van der Waals surface area (Å²) in [6.45, 7) is 1.87. The molecule has 0 N–H and O–H groups in total.